The van der Waals surface area contributed by atoms with E-state index < -0.39 is 6.10 Å². The number of hydrogen-bond acceptors (Lipinski definition) is 7. The number of ether oxygens (including phenoxy) is 1. The first-order chi connectivity index (χ1) is 12.9. The van der Waals surface area contributed by atoms with E-state index in [-0.39, 0.29) is 18.4 Å². The van der Waals surface area contributed by atoms with Crippen LogP contribution < -0.4 is 15.4 Å². The molecule has 2 aliphatic carbocycles. The van der Waals surface area contributed by atoms with Gasteiger partial charge >= 0.3 is 0 Å². The Morgan fingerprint density at radius 3 is 2.96 bits per heavy atom. The van der Waals surface area contributed by atoms with Gasteiger partial charge in [-0.1, -0.05) is 25.2 Å². The Balaban J connectivity index is 1.31. The monoisotopic (exact) mass is 395 g/mol. The number of thiazole rings is 1. The predicted molar refractivity (Wildman–Crippen MR) is 103 cm³/mol. The minimum atomic E-state index is -0.627. The molecule has 4 unspecified atom stereocenters. The second kappa shape index (κ2) is 9.12. The zero-order chi connectivity index (χ0) is 19.4. The lowest BCUT2D eigenvalue weighted by atomic mass is 9.97. The minimum absolute atomic E-state index is 0.131. The smallest absolute Gasteiger partial charge is 0.273 e. The average molecular weight is 396 g/mol. The number of carbonyl (C=O) groups excluding carboxylic acids is 2. The van der Waals surface area contributed by atoms with Crippen molar-refractivity contribution in [3.05, 3.63) is 11.1 Å². The van der Waals surface area contributed by atoms with Crippen molar-refractivity contribution in [3.63, 3.8) is 0 Å². The molecule has 1 heterocycles. The van der Waals surface area contributed by atoms with Crippen LogP contribution in [0.4, 0.5) is 0 Å². The summed E-state index contributed by atoms with van der Waals surface area (Å²) >= 11 is 1.17. The summed E-state index contributed by atoms with van der Waals surface area (Å²) in [5.74, 6) is 1.50. The highest BCUT2D eigenvalue weighted by atomic mass is 32.1. The van der Waals surface area contributed by atoms with E-state index in [1.807, 2.05) is 13.8 Å². The first kappa shape index (κ1) is 20.2. The summed E-state index contributed by atoms with van der Waals surface area (Å²) < 4.78 is 5.45. The summed E-state index contributed by atoms with van der Waals surface area (Å²) in [6, 6.07) is 0.298. The first-order valence-electron chi connectivity index (χ1n) is 9.76. The van der Waals surface area contributed by atoms with Crippen molar-refractivity contribution in [2.75, 3.05) is 19.7 Å². The van der Waals surface area contributed by atoms with Crippen LogP contribution in [-0.2, 0) is 4.79 Å². The molecule has 1 aromatic heterocycles. The molecular formula is C19H29N3O4S. The van der Waals surface area contributed by atoms with E-state index in [9.17, 15) is 14.7 Å². The lowest BCUT2D eigenvalue weighted by Crippen LogP contribution is -2.35. The van der Waals surface area contributed by atoms with Crippen LogP contribution in [0.5, 0.6) is 5.19 Å². The number of carbonyl (C=O) groups is 2. The lowest BCUT2D eigenvalue weighted by molar-refractivity contribution is -0.122. The molecule has 2 fully saturated rings. The summed E-state index contributed by atoms with van der Waals surface area (Å²) in [6.45, 7) is 5.15. The number of amides is 1. The molecule has 150 valence electrons. The number of aliphatic hydroxyl groups excluding tert-OH is 1. The topological polar surface area (TPSA) is 101 Å². The largest absolute Gasteiger partial charge is 0.467 e. The number of Topliss-reactive ketones (excluding diaryl/α,β-unsaturated/α-hetero) is 1. The van der Waals surface area contributed by atoms with Crippen LogP contribution in [-0.4, -0.2) is 53.6 Å². The molecular weight excluding hydrogens is 366 g/mol. The van der Waals surface area contributed by atoms with Crippen molar-refractivity contribution in [2.45, 2.75) is 51.7 Å². The molecule has 1 amide bonds. The van der Waals surface area contributed by atoms with Crippen molar-refractivity contribution < 1.29 is 19.4 Å². The highest BCUT2D eigenvalue weighted by Gasteiger charge is 2.52. The van der Waals surface area contributed by atoms with Gasteiger partial charge in [0, 0.05) is 31.0 Å². The second-order valence-corrected chi connectivity index (χ2v) is 8.85. The van der Waals surface area contributed by atoms with Gasteiger partial charge in [0.25, 0.3) is 11.1 Å². The summed E-state index contributed by atoms with van der Waals surface area (Å²) in [5.41, 5.74) is 0. The molecule has 0 saturated heterocycles. The number of rotatable bonds is 11. The Bertz CT molecular complexity index is 663. The quantitative estimate of drug-likeness (QED) is 0.492. The SMILES string of the molecule is CC(C)NCC(O)COc1ncc(C(=O)NCCCC2CC3CC3C2=O)s1. The van der Waals surface area contributed by atoms with Crippen LogP contribution in [0.3, 0.4) is 0 Å². The number of aliphatic hydroxyl groups is 1. The fourth-order valence-electron chi connectivity index (χ4n) is 3.57. The van der Waals surface area contributed by atoms with Crippen molar-refractivity contribution in [1.82, 2.24) is 15.6 Å². The maximum absolute atomic E-state index is 12.2. The van der Waals surface area contributed by atoms with Gasteiger partial charge in [0.15, 0.2) is 0 Å². The van der Waals surface area contributed by atoms with E-state index in [0.717, 1.165) is 25.7 Å². The molecule has 8 heteroatoms. The van der Waals surface area contributed by atoms with Gasteiger partial charge in [0.05, 0.1) is 6.20 Å². The summed E-state index contributed by atoms with van der Waals surface area (Å²) in [5, 5.41) is 16.2. The summed E-state index contributed by atoms with van der Waals surface area (Å²) in [6.07, 6.45) is 4.70. The standard InChI is InChI=1S/C19H29N3O4S/c1-11(2)21-8-14(23)10-26-19-22-9-16(27-19)18(25)20-5-3-4-12-6-13-7-15(13)17(12)24/h9,11-15,21,23H,3-8,10H2,1-2H3,(H,20,25). The van der Waals surface area contributed by atoms with Crippen LogP contribution >= 0.6 is 11.3 Å². The number of aromatic nitrogens is 1. The van der Waals surface area contributed by atoms with Gasteiger partial charge in [-0.15, -0.1) is 0 Å². The maximum Gasteiger partial charge on any atom is 0.273 e. The highest BCUT2D eigenvalue weighted by molar-refractivity contribution is 7.15. The number of nitrogens with one attached hydrogen (secondary N) is 2. The van der Waals surface area contributed by atoms with Gasteiger partial charge in [0.2, 0.25) is 0 Å². The Morgan fingerprint density at radius 1 is 1.44 bits per heavy atom. The van der Waals surface area contributed by atoms with Crippen molar-refractivity contribution in [2.24, 2.45) is 17.8 Å². The van der Waals surface area contributed by atoms with E-state index in [2.05, 4.69) is 15.6 Å². The fourth-order valence-corrected chi connectivity index (χ4v) is 4.26. The lowest BCUT2D eigenvalue weighted by Gasteiger charge is -2.13. The molecule has 0 bridgehead atoms. The number of ketones is 1. The van der Waals surface area contributed by atoms with Crippen molar-refractivity contribution >= 4 is 23.0 Å². The molecule has 1 aromatic rings. The average Bonchev–Trinajstić information content (AvgIpc) is 3.12. The van der Waals surface area contributed by atoms with Gasteiger partial charge in [-0.2, -0.15) is 0 Å². The van der Waals surface area contributed by atoms with Crippen molar-refractivity contribution in [1.29, 1.82) is 0 Å². The molecule has 0 spiro atoms. The summed E-state index contributed by atoms with van der Waals surface area (Å²) in [4.78, 5) is 28.7. The number of fused-ring (bicyclic) bond motifs is 1. The Morgan fingerprint density at radius 2 is 2.26 bits per heavy atom. The first-order valence-corrected chi connectivity index (χ1v) is 10.6. The molecule has 7 nitrogen and oxygen atoms in total. The Labute approximate surface area is 163 Å². The third-order valence-electron chi connectivity index (χ3n) is 5.16. The van der Waals surface area contributed by atoms with Gasteiger partial charge < -0.3 is 20.5 Å². The Kier molecular flexibility index (Phi) is 6.83. The predicted octanol–water partition coefficient (Wildman–Crippen LogP) is 1.62. The van der Waals surface area contributed by atoms with E-state index in [4.69, 9.17) is 4.74 Å². The molecule has 3 N–H and O–H groups in total. The van der Waals surface area contributed by atoms with E-state index in [1.165, 1.54) is 17.5 Å². The van der Waals surface area contributed by atoms with Crippen LogP contribution in [0.15, 0.2) is 6.20 Å². The van der Waals surface area contributed by atoms with Gasteiger partial charge in [-0.25, -0.2) is 4.98 Å². The van der Waals surface area contributed by atoms with E-state index in [1.54, 1.807) is 0 Å². The molecule has 27 heavy (non-hydrogen) atoms. The Hall–Kier alpha value is -1.51. The second-order valence-electron chi connectivity index (χ2n) is 7.85. The normalized spacial score (nSPS) is 24.7. The van der Waals surface area contributed by atoms with E-state index >= 15 is 0 Å². The molecule has 3 rings (SSSR count). The van der Waals surface area contributed by atoms with Crippen molar-refractivity contribution in [3.8, 4) is 5.19 Å². The van der Waals surface area contributed by atoms with Gasteiger partial charge in [-0.3, -0.25) is 9.59 Å². The molecule has 2 saturated carbocycles. The minimum Gasteiger partial charge on any atom is -0.467 e. The van der Waals surface area contributed by atoms with Gasteiger partial charge in [0.1, 0.15) is 23.4 Å². The fraction of sp³-hybridized carbons (Fsp3) is 0.737. The van der Waals surface area contributed by atoms with E-state index in [0.29, 0.717) is 46.8 Å². The third-order valence-corrected chi connectivity index (χ3v) is 6.07. The molecule has 0 aromatic carbocycles. The molecule has 0 radical (unpaired) electrons. The van der Waals surface area contributed by atoms with Crippen LogP contribution in [0.2, 0.25) is 0 Å². The highest BCUT2D eigenvalue weighted by Crippen LogP contribution is 2.52. The number of hydrogen-bond donors (Lipinski definition) is 3. The van der Waals surface area contributed by atoms with Gasteiger partial charge in [-0.05, 0) is 31.6 Å². The zero-order valence-corrected chi connectivity index (χ0v) is 16.8. The molecule has 2 aliphatic rings. The van der Waals surface area contributed by atoms with Crippen LogP contribution in [0, 0.1) is 17.8 Å². The molecule has 0 aliphatic heterocycles. The maximum atomic E-state index is 12.2. The third kappa shape index (κ3) is 5.73. The van der Waals surface area contributed by atoms with Crippen LogP contribution in [0.1, 0.15) is 49.2 Å². The number of nitrogens with zero attached hydrogens (tertiary/aromatic N) is 1. The molecule has 4 atom stereocenters. The van der Waals surface area contributed by atoms with Crippen LogP contribution in [0.25, 0.3) is 0 Å². The summed E-state index contributed by atoms with van der Waals surface area (Å²) in [7, 11) is 0. The zero-order valence-electron chi connectivity index (χ0n) is 15.9.